The first kappa shape index (κ1) is 24.2. The number of hydrogen-bond donors (Lipinski definition) is 1. The lowest BCUT2D eigenvalue weighted by Gasteiger charge is -2.13. The lowest BCUT2D eigenvalue weighted by atomic mass is 10.2. The lowest BCUT2D eigenvalue weighted by molar-refractivity contribution is -0.383. The summed E-state index contributed by atoms with van der Waals surface area (Å²) in [6.07, 6.45) is 0. The number of halogens is 2. The van der Waals surface area contributed by atoms with Gasteiger partial charge < -0.3 is 5.32 Å². The standard InChI is InChI=1S/C22H16Cl2N4O4S2/c1-11-12(2)34-20-19(11)21(30)27(13-7-8-14(23)15(24)9-13)22(26-20)33-10-18(29)25-16-5-3-4-6-17(16)28(31)32/h3-9H,10H2,1-2H3,(H,25,29). The number of benzene rings is 2. The summed E-state index contributed by atoms with van der Waals surface area (Å²) in [6.45, 7) is 3.78. The van der Waals surface area contributed by atoms with Crippen molar-refractivity contribution in [3.8, 4) is 5.69 Å². The number of hydrogen-bond acceptors (Lipinski definition) is 7. The molecule has 0 aliphatic carbocycles. The van der Waals surface area contributed by atoms with Crippen LogP contribution in [-0.2, 0) is 4.79 Å². The van der Waals surface area contributed by atoms with Gasteiger partial charge in [0.05, 0.1) is 31.8 Å². The number of fused-ring (bicyclic) bond motifs is 1. The summed E-state index contributed by atoms with van der Waals surface area (Å²) in [5.74, 6) is -0.609. The highest BCUT2D eigenvalue weighted by Gasteiger charge is 2.20. The normalized spacial score (nSPS) is 11.1. The number of carbonyl (C=O) groups excluding carboxylic acids is 1. The number of nitrogens with one attached hydrogen (secondary N) is 1. The van der Waals surface area contributed by atoms with Crippen molar-refractivity contribution in [1.29, 1.82) is 0 Å². The molecule has 0 aliphatic heterocycles. The fourth-order valence-corrected chi connectivity index (χ4v) is 5.45. The Labute approximate surface area is 211 Å². The molecule has 174 valence electrons. The number of thiophene rings is 1. The van der Waals surface area contributed by atoms with Gasteiger partial charge >= 0.3 is 0 Å². The van der Waals surface area contributed by atoms with E-state index < -0.39 is 10.8 Å². The highest BCUT2D eigenvalue weighted by molar-refractivity contribution is 7.99. The van der Waals surface area contributed by atoms with Crippen molar-refractivity contribution in [2.75, 3.05) is 11.1 Å². The van der Waals surface area contributed by atoms with Crippen LogP contribution in [0.4, 0.5) is 11.4 Å². The molecule has 0 saturated carbocycles. The van der Waals surface area contributed by atoms with Gasteiger partial charge in [0, 0.05) is 10.9 Å². The van der Waals surface area contributed by atoms with Crippen LogP contribution in [0.15, 0.2) is 52.4 Å². The molecular weight excluding hydrogens is 519 g/mol. The minimum Gasteiger partial charge on any atom is -0.320 e. The van der Waals surface area contributed by atoms with Gasteiger partial charge in [-0.2, -0.15) is 0 Å². The van der Waals surface area contributed by atoms with Crippen LogP contribution in [0.1, 0.15) is 10.4 Å². The monoisotopic (exact) mass is 534 g/mol. The number of para-hydroxylation sites is 2. The number of rotatable bonds is 6. The fraction of sp³-hybridized carbons (Fsp3) is 0.136. The Bertz CT molecular complexity index is 1520. The third kappa shape index (κ3) is 4.67. The van der Waals surface area contributed by atoms with Crippen LogP contribution in [0.25, 0.3) is 15.9 Å². The number of nitro benzene ring substituents is 1. The van der Waals surface area contributed by atoms with Crippen molar-refractivity contribution < 1.29 is 9.72 Å². The summed E-state index contributed by atoms with van der Waals surface area (Å²) < 4.78 is 1.40. The van der Waals surface area contributed by atoms with Gasteiger partial charge in [-0.25, -0.2) is 4.98 Å². The molecule has 1 amide bonds. The molecular formula is C22H16Cl2N4O4S2. The molecule has 1 N–H and O–H groups in total. The van der Waals surface area contributed by atoms with Gasteiger partial charge in [-0.1, -0.05) is 47.1 Å². The molecule has 4 aromatic rings. The third-order valence-electron chi connectivity index (χ3n) is 5.04. The summed E-state index contributed by atoms with van der Waals surface area (Å²) in [5.41, 5.74) is 0.896. The van der Waals surface area contributed by atoms with E-state index in [1.54, 1.807) is 24.3 Å². The summed E-state index contributed by atoms with van der Waals surface area (Å²) in [6, 6.07) is 10.7. The topological polar surface area (TPSA) is 107 Å². The molecule has 0 bridgehead atoms. The van der Waals surface area contributed by atoms with Gasteiger partial charge in [0.15, 0.2) is 5.16 Å². The van der Waals surface area contributed by atoms with E-state index in [2.05, 4.69) is 10.3 Å². The van der Waals surface area contributed by atoms with Crippen LogP contribution < -0.4 is 10.9 Å². The molecule has 0 spiro atoms. The van der Waals surface area contributed by atoms with Gasteiger partial charge in [0.1, 0.15) is 10.5 Å². The molecule has 2 heterocycles. The summed E-state index contributed by atoms with van der Waals surface area (Å²) in [5, 5.41) is 15.2. The molecule has 0 unspecified atom stereocenters. The van der Waals surface area contributed by atoms with Crippen molar-refractivity contribution >= 4 is 73.8 Å². The average Bonchev–Trinajstić information content (AvgIpc) is 3.08. The predicted octanol–water partition coefficient (Wildman–Crippen LogP) is 6.01. The van der Waals surface area contributed by atoms with Crippen molar-refractivity contribution in [3.63, 3.8) is 0 Å². The molecule has 0 aliphatic rings. The van der Waals surface area contributed by atoms with Crippen molar-refractivity contribution in [1.82, 2.24) is 9.55 Å². The Hall–Kier alpha value is -2.92. The van der Waals surface area contributed by atoms with E-state index in [0.717, 1.165) is 22.2 Å². The molecule has 2 aromatic carbocycles. The Morgan fingerprint density at radius 3 is 2.65 bits per heavy atom. The number of aromatic nitrogens is 2. The second kappa shape index (κ2) is 9.75. The molecule has 0 atom stereocenters. The lowest BCUT2D eigenvalue weighted by Crippen LogP contribution is -2.23. The van der Waals surface area contributed by atoms with Crippen LogP contribution in [0.2, 0.25) is 10.0 Å². The smallest absolute Gasteiger partial charge is 0.292 e. The van der Waals surface area contributed by atoms with E-state index in [4.69, 9.17) is 23.2 Å². The summed E-state index contributed by atoms with van der Waals surface area (Å²) in [4.78, 5) is 42.9. The second-order valence-electron chi connectivity index (χ2n) is 7.21. The Kier molecular flexibility index (Phi) is 6.94. The first-order valence-corrected chi connectivity index (χ1v) is 12.4. The molecule has 0 radical (unpaired) electrons. The molecule has 34 heavy (non-hydrogen) atoms. The van der Waals surface area contributed by atoms with Gasteiger partial charge in [-0.05, 0) is 43.7 Å². The van der Waals surface area contributed by atoms with Crippen LogP contribution >= 0.6 is 46.3 Å². The van der Waals surface area contributed by atoms with Crippen molar-refractivity contribution in [3.05, 3.63) is 83.4 Å². The zero-order valence-electron chi connectivity index (χ0n) is 17.8. The zero-order chi connectivity index (χ0) is 24.6. The number of amides is 1. The van der Waals surface area contributed by atoms with Crippen LogP contribution in [0.3, 0.4) is 0 Å². The van der Waals surface area contributed by atoms with Gasteiger partial charge in [-0.3, -0.25) is 24.3 Å². The number of anilines is 1. The largest absolute Gasteiger partial charge is 0.320 e. The first-order valence-electron chi connectivity index (χ1n) is 9.81. The Morgan fingerprint density at radius 1 is 1.21 bits per heavy atom. The highest BCUT2D eigenvalue weighted by atomic mass is 35.5. The Morgan fingerprint density at radius 2 is 1.94 bits per heavy atom. The minimum absolute atomic E-state index is 0.0906. The summed E-state index contributed by atoms with van der Waals surface area (Å²) in [7, 11) is 0. The Balaban J connectivity index is 1.72. The van der Waals surface area contributed by atoms with E-state index in [1.165, 1.54) is 34.1 Å². The second-order valence-corrected chi connectivity index (χ2v) is 10.2. The maximum absolute atomic E-state index is 13.5. The van der Waals surface area contributed by atoms with E-state index in [0.29, 0.717) is 20.9 Å². The SMILES string of the molecule is Cc1sc2nc(SCC(=O)Nc3ccccc3[N+](=O)[O-])n(-c3ccc(Cl)c(Cl)c3)c(=O)c2c1C. The van der Waals surface area contributed by atoms with Gasteiger partial charge in [0.25, 0.3) is 11.2 Å². The molecule has 12 heteroatoms. The van der Waals surface area contributed by atoms with Crippen molar-refractivity contribution in [2.24, 2.45) is 0 Å². The maximum atomic E-state index is 13.5. The first-order chi connectivity index (χ1) is 16.2. The number of nitrogens with zero attached hydrogens (tertiary/aromatic N) is 3. The van der Waals surface area contributed by atoms with Gasteiger partial charge in [0.2, 0.25) is 5.91 Å². The fourth-order valence-electron chi connectivity index (χ4n) is 3.28. The van der Waals surface area contributed by atoms with Crippen LogP contribution in [-0.4, -0.2) is 26.1 Å². The van der Waals surface area contributed by atoms with E-state index in [-0.39, 0.29) is 32.9 Å². The number of nitro groups is 1. The molecule has 8 nitrogen and oxygen atoms in total. The average molecular weight is 535 g/mol. The van der Waals surface area contributed by atoms with Crippen LogP contribution in [0, 0.1) is 24.0 Å². The van der Waals surface area contributed by atoms with E-state index >= 15 is 0 Å². The molecule has 0 saturated heterocycles. The molecule has 0 fully saturated rings. The number of aryl methyl sites for hydroxylation is 2. The quantitative estimate of drug-likeness (QED) is 0.140. The van der Waals surface area contributed by atoms with Gasteiger partial charge in [-0.15, -0.1) is 11.3 Å². The predicted molar refractivity (Wildman–Crippen MR) is 137 cm³/mol. The number of carbonyl (C=O) groups is 1. The number of thioether (sulfide) groups is 1. The van der Waals surface area contributed by atoms with Crippen molar-refractivity contribution in [2.45, 2.75) is 19.0 Å². The zero-order valence-corrected chi connectivity index (χ0v) is 20.9. The minimum atomic E-state index is -0.568. The molecule has 2 aromatic heterocycles. The third-order valence-corrected chi connectivity index (χ3v) is 7.82. The highest BCUT2D eigenvalue weighted by Crippen LogP contribution is 2.31. The maximum Gasteiger partial charge on any atom is 0.292 e. The van der Waals surface area contributed by atoms with E-state index in [9.17, 15) is 19.7 Å². The van der Waals surface area contributed by atoms with Crippen LogP contribution in [0.5, 0.6) is 0 Å². The summed E-state index contributed by atoms with van der Waals surface area (Å²) >= 11 is 14.7. The van der Waals surface area contributed by atoms with E-state index in [1.807, 2.05) is 13.8 Å². The molecule has 4 rings (SSSR count).